The van der Waals surface area contributed by atoms with E-state index < -0.39 is 0 Å². The van der Waals surface area contributed by atoms with Gasteiger partial charge in [0.2, 0.25) is 0 Å². The second-order valence-corrected chi connectivity index (χ2v) is 5.45. The summed E-state index contributed by atoms with van der Waals surface area (Å²) < 4.78 is 0. The Morgan fingerprint density at radius 3 is 2.86 bits per heavy atom. The van der Waals surface area contributed by atoms with E-state index in [1.54, 1.807) is 12.4 Å². The van der Waals surface area contributed by atoms with Crippen LogP contribution in [0.5, 0.6) is 0 Å². The van der Waals surface area contributed by atoms with Gasteiger partial charge in [-0.2, -0.15) is 5.10 Å². The highest BCUT2D eigenvalue weighted by molar-refractivity contribution is 5.95. The van der Waals surface area contributed by atoms with Crippen LogP contribution in [0.2, 0.25) is 0 Å². The fourth-order valence-electron chi connectivity index (χ4n) is 2.01. The molecule has 21 heavy (non-hydrogen) atoms. The number of carbonyl (C=O) groups is 1. The van der Waals surface area contributed by atoms with Crippen LogP contribution in [0.1, 0.15) is 41.4 Å². The number of amides is 1. The van der Waals surface area contributed by atoms with Crippen molar-refractivity contribution in [2.75, 3.05) is 19.0 Å². The Labute approximate surface area is 124 Å². The summed E-state index contributed by atoms with van der Waals surface area (Å²) in [6, 6.07) is 3.85. The van der Waals surface area contributed by atoms with Crippen LogP contribution >= 0.6 is 0 Å². The lowest BCUT2D eigenvalue weighted by Gasteiger charge is -2.12. The summed E-state index contributed by atoms with van der Waals surface area (Å²) in [5.74, 6) is 0.984. The molecule has 2 N–H and O–H groups in total. The zero-order chi connectivity index (χ0) is 15.4. The average molecular weight is 287 g/mol. The molecule has 0 bridgehead atoms. The number of H-pyrrole nitrogens is 1. The van der Waals surface area contributed by atoms with E-state index in [9.17, 15) is 4.79 Å². The normalized spacial score (nSPS) is 10.7. The summed E-state index contributed by atoms with van der Waals surface area (Å²) in [4.78, 5) is 18.4. The molecule has 0 aliphatic rings. The quantitative estimate of drug-likeness (QED) is 0.881. The van der Waals surface area contributed by atoms with Crippen molar-refractivity contribution in [2.24, 2.45) is 0 Å². The molecule has 0 aliphatic carbocycles. The lowest BCUT2D eigenvalue weighted by Crippen LogP contribution is -2.24. The molecule has 2 aromatic rings. The van der Waals surface area contributed by atoms with E-state index in [0.717, 1.165) is 17.1 Å². The number of rotatable bonds is 5. The average Bonchev–Trinajstić information content (AvgIpc) is 2.94. The molecule has 0 atom stereocenters. The molecule has 2 aromatic heterocycles. The molecule has 6 nitrogen and oxygen atoms in total. The van der Waals surface area contributed by atoms with Gasteiger partial charge < -0.3 is 10.2 Å². The smallest absolute Gasteiger partial charge is 0.255 e. The van der Waals surface area contributed by atoms with E-state index in [0.29, 0.717) is 12.1 Å². The van der Waals surface area contributed by atoms with Gasteiger partial charge in [-0.05, 0) is 23.6 Å². The third kappa shape index (κ3) is 3.59. The van der Waals surface area contributed by atoms with Crippen molar-refractivity contribution in [1.82, 2.24) is 20.5 Å². The van der Waals surface area contributed by atoms with Gasteiger partial charge in [-0.1, -0.05) is 13.8 Å². The lowest BCUT2D eigenvalue weighted by molar-refractivity contribution is 0.0949. The zero-order valence-electron chi connectivity index (χ0n) is 12.8. The molecule has 0 radical (unpaired) electrons. The summed E-state index contributed by atoms with van der Waals surface area (Å²) in [6.07, 6.45) is 3.32. The molecule has 0 fully saturated rings. The van der Waals surface area contributed by atoms with Gasteiger partial charge in [0.05, 0.1) is 17.5 Å². The predicted molar refractivity (Wildman–Crippen MR) is 82.4 cm³/mol. The van der Waals surface area contributed by atoms with Crippen LogP contribution in [0.25, 0.3) is 0 Å². The van der Waals surface area contributed by atoms with Crippen LogP contribution in [0.3, 0.4) is 0 Å². The van der Waals surface area contributed by atoms with Crippen molar-refractivity contribution in [1.29, 1.82) is 0 Å². The van der Waals surface area contributed by atoms with E-state index in [4.69, 9.17) is 0 Å². The summed E-state index contributed by atoms with van der Waals surface area (Å²) in [7, 11) is 3.87. The van der Waals surface area contributed by atoms with E-state index >= 15 is 0 Å². The maximum Gasteiger partial charge on any atom is 0.255 e. The molecule has 6 heteroatoms. The predicted octanol–water partition coefficient (Wildman–Crippen LogP) is 1.92. The van der Waals surface area contributed by atoms with Gasteiger partial charge in [0.1, 0.15) is 5.82 Å². The van der Waals surface area contributed by atoms with Crippen molar-refractivity contribution in [2.45, 2.75) is 26.3 Å². The van der Waals surface area contributed by atoms with Gasteiger partial charge in [-0.3, -0.25) is 9.89 Å². The highest BCUT2D eigenvalue weighted by Gasteiger charge is 2.15. The molecule has 0 aromatic carbocycles. The van der Waals surface area contributed by atoms with Crippen LogP contribution in [0.15, 0.2) is 24.5 Å². The van der Waals surface area contributed by atoms with Crippen LogP contribution in [-0.2, 0) is 6.54 Å². The van der Waals surface area contributed by atoms with Crippen LogP contribution < -0.4 is 10.2 Å². The number of nitrogens with one attached hydrogen (secondary N) is 2. The number of aromatic amines is 1. The molecular formula is C15H21N5O. The van der Waals surface area contributed by atoms with Gasteiger partial charge in [0, 0.05) is 26.8 Å². The summed E-state index contributed by atoms with van der Waals surface area (Å²) in [6.45, 7) is 4.51. The minimum Gasteiger partial charge on any atom is -0.363 e. The largest absolute Gasteiger partial charge is 0.363 e. The lowest BCUT2D eigenvalue weighted by atomic mass is 10.1. The second kappa shape index (κ2) is 6.39. The van der Waals surface area contributed by atoms with Crippen LogP contribution in [0, 0.1) is 0 Å². The maximum absolute atomic E-state index is 12.2. The van der Waals surface area contributed by atoms with Crippen molar-refractivity contribution in [3.05, 3.63) is 41.3 Å². The van der Waals surface area contributed by atoms with Gasteiger partial charge in [0.25, 0.3) is 5.91 Å². The molecule has 0 saturated heterocycles. The fraction of sp³-hybridized carbons (Fsp3) is 0.400. The topological polar surface area (TPSA) is 73.9 Å². The van der Waals surface area contributed by atoms with E-state index in [2.05, 4.69) is 20.5 Å². The molecule has 112 valence electrons. The van der Waals surface area contributed by atoms with E-state index in [1.165, 1.54) is 0 Å². The number of anilines is 1. The van der Waals surface area contributed by atoms with Crippen molar-refractivity contribution >= 4 is 11.7 Å². The van der Waals surface area contributed by atoms with E-state index in [1.807, 2.05) is 45.0 Å². The molecule has 0 spiro atoms. The van der Waals surface area contributed by atoms with Crippen molar-refractivity contribution in [3.8, 4) is 0 Å². The van der Waals surface area contributed by atoms with Crippen LogP contribution in [-0.4, -0.2) is 35.2 Å². The number of hydrogen-bond acceptors (Lipinski definition) is 4. The highest BCUT2D eigenvalue weighted by Crippen LogP contribution is 2.16. The highest BCUT2D eigenvalue weighted by atomic mass is 16.1. The zero-order valence-corrected chi connectivity index (χ0v) is 12.8. The van der Waals surface area contributed by atoms with Crippen molar-refractivity contribution < 1.29 is 4.79 Å². The Kier molecular flexibility index (Phi) is 4.57. The minimum atomic E-state index is -0.115. The van der Waals surface area contributed by atoms with Gasteiger partial charge in [-0.15, -0.1) is 0 Å². The molecule has 0 aliphatic heterocycles. The van der Waals surface area contributed by atoms with E-state index in [-0.39, 0.29) is 11.8 Å². The number of nitrogens with zero attached hydrogens (tertiary/aromatic N) is 3. The third-order valence-corrected chi connectivity index (χ3v) is 3.21. The Hall–Kier alpha value is -2.37. The molecule has 0 unspecified atom stereocenters. The van der Waals surface area contributed by atoms with Crippen LogP contribution in [0.4, 0.5) is 5.82 Å². The Morgan fingerprint density at radius 2 is 2.19 bits per heavy atom. The van der Waals surface area contributed by atoms with Gasteiger partial charge in [0.15, 0.2) is 0 Å². The molecule has 2 rings (SSSR count). The van der Waals surface area contributed by atoms with Crippen molar-refractivity contribution in [3.63, 3.8) is 0 Å². The Morgan fingerprint density at radius 1 is 1.43 bits per heavy atom. The van der Waals surface area contributed by atoms with Gasteiger partial charge >= 0.3 is 0 Å². The third-order valence-electron chi connectivity index (χ3n) is 3.21. The van der Waals surface area contributed by atoms with Gasteiger partial charge in [-0.25, -0.2) is 4.98 Å². The number of aromatic nitrogens is 3. The molecule has 0 saturated carbocycles. The molecule has 2 heterocycles. The first-order valence-corrected chi connectivity index (χ1v) is 6.92. The number of carbonyl (C=O) groups excluding carboxylic acids is 1. The minimum absolute atomic E-state index is 0.115. The molecule has 1 amide bonds. The first kappa shape index (κ1) is 15.0. The first-order valence-electron chi connectivity index (χ1n) is 6.92. The number of hydrogen-bond donors (Lipinski definition) is 2. The summed E-state index contributed by atoms with van der Waals surface area (Å²) >= 11 is 0. The Balaban J connectivity index is 2.04. The molecular weight excluding hydrogens is 266 g/mol. The monoisotopic (exact) mass is 287 g/mol. The Bertz CT molecular complexity index is 618. The first-order chi connectivity index (χ1) is 9.99. The standard InChI is InChI=1S/C15H21N5O/c1-10(2)14-12(9-18-19-14)15(21)17-8-11-5-6-16-13(7-11)20(3)4/h5-7,9-10H,8H2,1-4H3,(H,17,21)(H,18,19). The number of pyridine rings is 1. The maximum atomic E-state index is 12.2. The second-order valence-electron chi connectivity index (χ2n) is 5.45. The summed E-state index contributed by atoms with van der Waals surface area (Å²) in [5, 5.41) is 9.75. The fourth-order valence-corrected chi connectivity index (χ4v) is 2.01. The SMILES string of the molecule is CC(C)c1[nH]ncc1C(=O)NCc1ccnc(N(C)C)c1. The summed E-state index contributed by atoms with van der Waals surface area (Å²) in [5.41, 5.74) is 2.47.